The van der Waals surface area contributed by atoms with Gasteiger partial charge in [0.25, 0.3) is 0 Å². The summed E-state index contributed by atoms with van der Waals surface area (Å²) >= 11 is 0. The van der Waals surface area contributed by atoms with E-state index in [2.05, 4.69) is 20.9 Å². The molecule has 0 amide bonds. The highest BCUT2D eigenvalue weighted by Crippen LogP contribution is 2.27. The molecule has 0 saturated carbocycles. The molecule has 0 fully saturated rings. The number of fused-ring (bicyclic) bond motifs is 1. The highest BCUT2D eigenvalue weighted by atomic mass is 16.5. The van der Waals surface area contributed by atoms with Gasteiger partial charge < -0.3 is 15.4 Å². The van der Waals surface area contributed by atoms with Crippen LogP contribution in [0.3, 0.4) is 0 Å². The second-order valence-electron chi connectivity index (χ2n) is 4.58. The van der Waals surface area contributed by atoms with Crippen LogP contribution in [0.25, 0.3) is 0 Å². The monoisotopic (exact) mass is 256 g/mol. The van der Waals surface area contributed by atoms with Gasteiger partial charge in [0.1, 0.15) is 12.1 Å². The van der Waals surface area contributed by atoms with Gasteiger partial charge in [-0.15, -0.1) is 0 Å². The lowest BCUT2D eigenvalue weighted by Crippen LogP contribution is -2.31. The number of nitrogen functional groups attached to an aromatic ring is 1. The smallest absolute Gasteiger partial charge is 0.218 e. The maximum Gasteiger partial charge on any atom is 0.218 e. The molecule has 0 spiro atoms. The fraction of sp³-hybridized carbons (Fsp3) is 0.286. The van der Waals surface area contributed by atoms with E-state index in [-0.39, 0.29) is 0 Å². The van der Waals surface area contributed by atoms with Gasteiger partial charge in [0.05, 0.1) is 7.11 Å². The van der Waals surface area contributed by atoms with Crippen LogP contribution in [0.5, 0.6) is 5.88 Å². The van der Waals surface area contributed by atoms with Crippen LogP contribution in [0.15, 0.2) is 30.6 Å². The number of hydrogen-bond acceptors (Lipinski definition) is 5. The summed E-state index contributed by atoms with van der Waals surface area (Å²) in [6, 6.07) is 7.95. The van der Waals surface area contributed by atoms with Gasteiger partial charge in [0.2, 0.25) is 5.88 Å². The van der Waals surface area contributed by atoms with Crippen LogP contribution in [-0.4, -0.2) is 23.6 Å². The summed E-state index contributed by atoms with van der Waals surface area (Å²) in [5, 5.41) is 0. The van der Waals surface area contributed by atoms with Crippen LogP contribution in [0.1, 0.15) is 11.1 Å². The Hall–Kier alpha value is -2.30. The van der Waals surface area contributed by atoms with E-state index in [0.717, 1.165) is 31.0 Å². The molecule has 0 radical (unpaired) electrons. The molecule has 98 valence electrons. The SMILES string of the molecule is COc1cc(N2CCc3cccc(N)c3C2)ncn1. The van der Waals surface area contributed by atoms with Gasteiger partial charge in [-0.1, -0.05) is 12.1 Å². The molecule has 0 atom stereocenters. The average Bonchev–Trinajstić information content (AvgIpc) is 2.47. The normalized spacial score (nSPS) is 14.1. The Labute approximate surface area is 112 Å². The van der Waals surface area contributed by atoms with Gasteiger partial charge in [0.15, 0.2) is 0 Å². The fourth-order valence-corrected chi connectivity index (χ4v) is 2.42. The molecule has 2 aromatic rings. The Morgan fingerprint density at radius 2 is 2.21 bits per heavy atom. The van der Waals surface area contributed by atoms with Crippen LogP contribution in [-0.2, 0) is 13.0 Å². The van der Waals surface area contributed by atoms with Crippen molar-refractivity contribution in [2.75, 3.05) is 24.3 Å². The lowest BCUT2D eigenvalue weighted by Gasteiger charge is -2.30. The third-order valence-electron chi connectivity index (χ3n) is 3.47. The minimum atomic E-state index is 0.580. The van der Waals surface area contributed by atoms with Crippen molar-refractivity contribution in [3.8, 4) is 5.88 Å². The summed E-state index contributed by atoms with van der Waals surface area (Å²) < 4.78 is 5.14. The summed E-state index contributed by atoms with van der Waals surface area (Å²) in [5.41, 5.74) is 9.43. The number of hydrogen-bond donors (Lipinski definition) is 1. The molecule has 5 heteroatoms. The predicted octanol–water partition coefficient (Wildman–Crippen LogP) is 1.63. The molecule has 2 heterocycles. The first-order valence-electron chi connectivity index (χ1n) is 6.25. The number of aromatic nitrogens is 2. The molecule has 1 aliphatic heterocycles. The Bertz CT molecular complexity index is 600. The van der Waals surface area contributed by atoms with Crippen molar-refractivity contribution in [1.82, 2.24) is 9.97 Å². The van der Waals surface area contributed by atoms with Gasteiger partial charge >= 0.3 is 0 Å². The first-order valence-corrected chi connectivity index (χ1v) is 6.25. The molecule has 1 aromatic heterocycles. The van der Waals surface area contributed by atoms with Gasteiger partial charge in [-0.3, -0.25) is 0 Å². The molecule has 1 aromatic carbocycles. The van der Waals surface area contributed by atoms with Crippen LogP contribution >= 0.6 is 0 Å². The number of benzene rings is 1. The summed E-state index contributed by atoms with van der Waals surface area (Å²) in [6.45, 7) is 1.71. The Morgan fingerprint density at radius 3 is 3.05 bits per heavy atom. The lowest BCUT2D eigenvalue weighted by molar-refractivity contribution is 0.396. The molecule has 19 heavy (non-hydrogen) atoms. The maximum absolute atomic E-state index is 6.05. The Morgan fingerprint density at radius 1 is 1.32 bits per heavy atom. The maximum atomic E-state index is 6.05. The first-order chi connectivity index (χ1) is 9.28. The minimum absolute atomic E-state index is 0.580. The third kappa shape index (κ3) is 2.19. The van der Waals surface area contributed by atoms with Crippen molar-refractivity contribution in [2.45, 2.75) is 13.0 Å². The van der Waals surface area contributed by atoms with E-state index in [1.807, 2.05) is 18.2 Å². The first kappa shape index (κ1) is 11.8. The largest absolute Gasteiger partial charge is 0.481 e. The molecular weight excluding hydrogens is 240 g/mol. The van der Waals surface area contributed by atoms with E-state index in [9.17, 15) is 0 Å². The fourth-order valence-electron chi connectivity index (χ4n) is 2.42. The van der Waals surface area contributed by atoms with Crippen molar-refractivity contribution in [1.29, 1.82) is 0 Å². The average molecular weight is 256 g/mol. The van der Waals surface area contributed by atoms with E-state index in [1.54, 1.807) is 7.11 Å². The number of nitrogens with zero attached hydrogens (tertiary/aromatic N) is 3. The molecule has 0 unspecified atom stereocenters. The number of nitrogens with two attached hydrogens (primary N) is 1. The molecule has 0 bridgehead atoms. The van der Waals surface area contributed by atoms with Crippen molar-refractivity contribution in [3.63, 3.8) is 0 Å². The van der Waals surface area contributed by atoms with Gasteiger partial charge in [-0.25, -0.2) is 9.97 Å². The summed E-state index contributed by atoms with van der Waals surface area (Å²) in [4.78, 5) is 10.5. The molecule has 0 saturated heterocycles. The number of rotatable bonds is 2. The van der Waals surface area contributed by atoms with Crippen molar-refractivity contribution in [3.05, 3.63) is 41.7 Å². The van der Waals surface area contributed by atoms with E-state index < -0.39 is 0 Å². The molecular formula is C14H16N4O. The predicted molar refractivity (Wildman–Crippen MR) is 74.2 cm³/mol. The second kappa shape index (κ2) is 4.76. The molecule has 3 rings (SSSR count). The van der Waals surface area contributed by atoms with Crippen LogP contribution in [0.2, 0.25) is 0 Å². The van der Waals surface area contributed by atoms with Gasteiger partial charge in [-0.2, -0.15) is 0 Å². The van der Waals surface area contributed by atoms with E-state index in [4.69, 9.17) is 10.5 Å². The minimum Gasteiger partial charge on any atom is -0.481 e. The van der Waals surface area contributed by atoms with Crippen molar-refractivity contribution >= 4 is 11.5 Å². The number of ether oxygens (including phenoxy) is 1. The van der Waals surface area contributed by atoms with E-state index in [0.29, 0.717) is 5.88 Å². The quantitative estimate of drug-likeness (QED) is 0.827. The van der Waals surface area contributed by atoms with Crippen LogP contribution < -0.4 is 15.4 Å². The lowest BCUT2D eigenvalue weighted by atomic mass is 9.98. The highest BCUT2D eigenvalue weighted by molar-refractivity contribution is 5.55. The zero-order chi connectivity index (χ0) is 13.2. The summed E-state index contributed by atoms with van der Waals surface area (Å²) in [5.74, 6) is 1.46. The molecule has 2 N–H and O–H groups in total. The number of methoxy groups -OCH3 is 1. The molecule has 1 aliphatic rings. The van der Waals surface area contributed by atoms with Gasteiger partial charge in [-0.05, 0) is 23.6 Å². The van der Waals surface area contributed by atoms with Crippen LogP contribution in [0, 0.1) is 0 Å². The second-order valence-corrected chi connectivity index (χ2v) is 4.58. The van der Waals surface area contributed by atoms with E-state index in [1.165, 1.54) is 17.5 Å². The molecule has 5 nitrogen and oxygen atoms in total. The summed E-state index contributed by atoms with van der Waals surface area (Å²) in [6.07, 6.45) is 2.50. The zero-order valence-electron chi connectivity index (χ0n) is 10.8. The summed E-state index contributed by atoms with van der Waals surface area (Å²) in [7, 11) is 1.61. The number of anilines is 2. The standard InChI is InChI=1S/C14H16N4O/c1-19-14-7-13(16-9-17-14)18-6-5-10-3-2-4-12(15)11(10)8-18/h2-4,7,9H,5-6,8,15H2,1H3. The Balaban J connectivity index is 1.91. The highest BCUT2D eigenvalue weighted by Gasteiger charge is 2.19. The van der Waals surface area contributed by atoms with E-state index >= 15 is 0 Å². The van der Waals surface area contributed by atoms with Crippen LogP contribution in [0.4, 0.5) is 11.5 Å². The topological polar surface area (TPSA) is 64.3 Å². The Kier molecular flexibility index (Phi) is 2.95. The zero-order valence-corrected chi connectivity index (χ0v) is 10.8. The molecule has 0 aliphatic carbocycles. The van der Waals surface area contributed by atoms with Crippen molar-refractivity contribution < 1.29 is 4.74 Å². The third-order valence-corrected chi connectivity index (χ3v) is 3.47. The van der Waals surface area contributed by atoms with Gasteiger partial charge in [0, 0.05) is 24.8 Å². The van der Waals surface area contributed by atoms with Crippen molar-refractivity contribution in [2.24, 2.45) is 0 Å².